The van der Waals surface area contributed by atoms with Crippen LogP contribution in [0.2, 0.25) is 0 Å². The topological polar surface area (TPSA) is 93.4 Å². The van der Waals surface area contributed by atoms with Gasteiger partial charge in [-0.15, -0.1) is 0 Å². The first kappa shape index (κ1) is 21.0. The van der Waals surface area contributed by atoms with E-state index in [0.717, 1.165) is 16.9 Å². The highest BCUT2D eigenvalue weighted by Gasteiger charge is 2.42. The molecule has 3 aromatic rings. The Morgan fingerprint density at radius 3 is 2.32 bits per heavy atom. The quantitative estimate of drug-likeness (QED) is 0.633. The molecular weight excluding hydrogens is 412 g/mol. The van der Waals surface area contributed by atoms with Crippen LogP contribution >= 0.6 is 0 Å². The number of aromatic nitrogens is 2. The van der Waals surface area contributed by atoms with Crippen molar-refractivity contribution in [3.05, 3.63) is 77.1 Å². The van der Waals surface area contributed by atoms with Crippen LogP contribution in [0.4, 0.5) is 0 Å². The molecule has 0 atom stereocenters. The second-order valence-electron chi connectivity index (χ2n) is 8.41. The van der Waals surface area contributed by atoms with Crippen LogP contribution in [-0.2, 0) is 16.4 Å². The lowest BCUT2D eigenvalue weighted by atomic mass is 9.74. The van der Waals surface area contributed by atoms with E-state index < -0.39 is 15.4 Å². The smallest absolute Gasteiger partial charge is 0.276 e. The number of hydrogen-bond acceptors (Lipinski definition) is 5. The van der Waals surface area contributed by atoms with Gasteiger partial charge in [0.25, 0.3) is 10.0 Å². The Hall–Kier alpha value is -3.26. The zero-order valence-electron chi connectivity index (χ0n) is 17.9. The number of nitrogens with one attached hydrogen (secondary N) is 1. The molecule has 0 unspecified atom stereocenters. The SMILES string of the molecule is Cc1ccc(S(=O)(=O)N/N=C2\C(=O)c3c(C)nn(-c4ccccc4)c3CC2(C)C)cc1. The van der Waals surface area contributed by atoms with Crippen molar-refractivity contribution in [2.75, 3.05) is 0 Å². The molecule has 0 bridgehead atoms. The minimum absolute atomic E-state index is 0.0947. The average Bonchev–Trinajstić information content (AvgIpc) is 3.04. The fraction of sp³-hybridized carbons (Fsp3) is 0.261. The van der Waals surface area contributed by atoms with Gasteiger partial charge in [-0.25, -0.2) is 4.68 Å². The summed E-state index contributed by atoms with van der Waals surface area (Å²) in [5.74, 6) is -0.308. The number of aryl methyl sites for hydroxylation is 2. The van der Waals surface area contributed by atoms with Crippen LogP contribution in [0.1, 0.15) is 41.2 Å². The maximum atomic E-state index is 13.4. The van der Waals surface area contributed by atoms with E-state index in [-0.39, 0.29) is 16.4 Å². The number of sulfonamides is 1. The van der Waals surface area contributed by atoms with Gasteiger partial charge in [0.2, 0.25) is 5.78 Å². The standard InChI is InChI=1S/C23H24N4O3S/c1-15-10-12-18(13-11-15)31(29,30)26-24-22-21(28)20-16(2)25-27(17-8-6-5-7-9-17)19(20)14-23(22,3)4/h5-13,26H,14H2,1-4H3/b24-22+. The van der Waals surface area contributed by atoms with Crippen molar-refractivity contribution in [1.29, 1.82) is 0 Å². The van der Waals surface area contributed by atoms with Crippen LogP contribution in [0.15, 0.2) is 64.6 Å². The third-order valence-electron chi connectivity index (χ3n) is 5.46. The Balaban J connectivity index is 1.73. The van der Waals surface area contributed by atoms with Crippen LogP contribution < -0.4 is 4.83 Å². The molecule has 1 aliphatic carbocycles. The number of carbonyl (C=O) groups is 1. The Labute approximate surface area is 181 Å². The van der Waals surface area contributed by atoms with Crippen molar-refractivity contribution in [3.8, 4) is 5.69 Å². The molecule has 160 valence electrons. The van der Waals surface area contributed by atoms with Crippen LogP contribution in [0.3, 0.4) is 0 Å². The van der Waals surface area contributed by atoms with Gasteiger partial charge in [-0.3, -0.25) is 4.79 Å². The van der Waals surface area contributed by atoms with E-state index in [0.29, 0.717) is 17.7 Å². The minimum atomic E-state index is -3.89. The molecule has 1 aromatic heterocycles. The highest BCUT2D eigenvalue weighted by molar-refractivity contribution is 7.89. The summed E-state index contributed by atoms with van der Waals surface area (Å²) >= 11 is 0. The van der Waals surface area contributed by atoms with Crippen molar-refractivity contribution in [3.63, 3.8) is 0 Å². The van der Waals surface area contributed by atoms with Gasteiger partial charge >= 0.3 is 0 Å². The molecular formula is C23H24N4O3S. The zero-order chi connectivity index (χ0) is 22.4. The van der Waals surface area contributed by atoms with Crippen LogP contribution in [0.5, 0.6) is 0 Å². The molecule has 0 aliphatic heterocycles. The first-order chi connectivity index (χ1) is 14.6. The molecule has 0 spiro atoms. The number of rotatable bonds is 4. The molecule has 0 saturated carbocycles. The third kappa shape index (κ3) is 3.79. The molecule has 1 aliphatic rings. The van der Waals surface area contributed by atoms with Gasteiger partial charge in [0.05, 0.1) is 27.5 Å². The molecule has 31 heavy (non-hydrogen) atoms. The molecule has 7 nitrogen and oxygen atoms in total. The molecule has 1 N–H and O–H groups in total. The van der Waals surface area contributed by atoms with E-state index in [2.05, 4.69) is 15.0 Å². The number of benzene rings is 2. The zero-order valence-corrected chi connectivity index (χ0v) is 18.7. The van der Waals surface area contributed by atoms with Gasteiger partial charge in [-0.1, -0.05) is 49.7 Å². The fourth-order valence-corrected chi connectivity index (χ4v) is 4.63. The van der Waals surface area contributed by atoms with Gasteiger partial charge in [0.1, 0.15) is 5.71 Å². The van der Waals surface area contributed by atoms with E-state index in [1.165, 1.54) is 12.1 Å². The number of Topliss-reactive ketones (excluding diaryl/α,β-unsaturated/α-hetero) is 1. The van der Waals surface area contributed by atoms with E-state index in [9.17, 15) is 13.2 Å². The number of nitrogens with zero attached hydrogens (tertiary/aromatic N) is 3. The van der Waals surface area contributed by atoms with Crippen molar-refractivity contribution in [1.82, 2.24) is 14.6 Å². The first-order valence-corrected chi connectivity index (χ1v) is 11.4. The summed E-state index contributed by atoms with van der Waals surface area (Å²) in [5.41, 5.74) is 3.19. The number of carbonyl (C=O) groups excluding carboxylic acids is 1. The second-order valence-corrected chi connectivity index (χ2v) is 10.1. The van der Waals surface area contributed by atoms with Crippen molar-refractivity contribution >= 4 is 21.5 Å². The summed E-state index contributed by atoms with van der Waals surface area (Å²) in [6.45, 7) is 7.42. The monoisotopic (exact) mass is 436 g/mol. The first-order valence-electron chi connectivity index (χ1n) is 9.95. The second kappa shape index (κ2) is 7.46. The third-order valence-corrected chi connectivity index (χ3v) is 6.68. The summed E-state index contributed by atoms with van der Waals surface area (Å²) in [5, 5.41) is 8.68. The Morgan fingerprint density at radius 1 is 1.03 bits per heavy atom. The van der Waals surface area contributed by atoms with Crippen molar-refractivity contribution in [2.24, 2.45) is 10.5 Å². The lowest BCUT2D eigenvalue weighted by Gasteiger charge is -2.30. The number of para-hydroxylation sites is 1. The fourth-order valence-electron chi connectivity index (χ4n) is 3.82. The average molecular weight is 437 g/mol. The lowest BCUT2D eigenvalue weighted by Crippen LogP contribution is -2.41. The molecule has 0 saturated heterocycles. The van der Waals surface area contributed by atoms with E-state index in [1.807, 2.05) is 51.1 Å². The van der Waals surface area contributed by atoms with E-state index in [1.54, 1.807) is 23.7 Å². The Kier molecular flexibility index (Phi) is 5.05. The molecule has 8 heteroatoms. The predicted molar refractivity (Wildman–Crippen MR) is 119 cm³/mol. The maximum absolute atomic E-state index is 13.4. The van der Waals surface area contributed by atoms with Crippen LogP contribution in [0, 0.1) is 19.3 Å². The summed E-state index contributed by atoms with van der Waals surface area (Å²) in [6.07, 6.45) is 0.495. The van der Waals surface area contributed by atoms with E-state index >= 15 is 0 Å². The van der Waals surface area contributed by atoms with E-state index in [4.69, 9.17) is 0 Å². The van der Waals surface area contributed by atoms with Gasteiger partial charge < -0.3 is 0 Å². The maximum Gasteiger partial charge on any atom is 0.276 e. The van der Waals surface area contributed by atoms with Gasteiger partial charge in [0, 0.05) is 11.8 Å². The number of fused-ring (bicyclic) bond motifs is 1. The highest BCUT2D eigenvalue weighted by Crippen LogP contribution is 2.35. The molecule has 4 rings (SSSR count). The summed E-state index contributed by atoms with van der Waals surface area (Å²) < 4.78 is 27.1. The van der Waals surface area contributed by atoms with Crippen LogP contribution in [-0.4, -0.2) is 29.7 Å². The predicted octanol–water partition coefficient (Wildman–Crippen LogP) is 3.59. The molecule has 1 heterocycles. The van der Waals surface area contributed by atoms with Gasteiger partial charge in [-0.2, -0.15) is 23.4 Å². The number of hydrazone groups is 1. The highest BCUT2D eigenvalue weighted by atomic mass is 32.2. The summed E-state index contributed by atoms with van der Waals surface area (Å²) in [7, 11) is -3.89. The van der Waals surface area contributed by atoms with Crippen molar-refractivity contribution < 1.29 is 13.2 Å². The molecule has 0 fully saturated rings. The van der Waals surface area contributed by atoms with Gasteiger partial charge in [-0.05, 0) is 38.1 Å². The molecule has 0 radical (unpaired) electrons. The van der Waals surface area contributed by atoms with Crippen molar-refractivity contribution in [2.45, 2.75) is 39.0 Å². The Morgan fingerprint density at radius 2 is 1.68 bits per heavy atom. The number of ketones is 1. The normalized spacial score (nSPS) is 16.9. The van der Waals surface area contributed by atoms with Gasteiger partial charge in [0.15, 0.2) is 0 Å². The minimum Gasteiger partial charge on any atom is -0.287 e. The number of hydrogen-bond donors (Lipinski definition) is 1. The summed E-state index contributed by atoms with van der Waals surface area (Å²) in [4.78, 5) is 15.7. The van der Waals surface area contributed by atoms with Crippen LogP contribution in [0.25, 0.3) is 5.69 Å². The lowest BCUT2D eigenvalue weighted by molar-refractivity contribution is 0.104. The summed E-state index contributed by atoms with van der Waals surface area (Å²) in [6, 6.07) is 16.1. The largest absolute Gasteiger partial charge is 0.287 e. The molecule has 0 amide bonds. The Bertz CT molecular complexity index is 1290. The molecule has 2 aromatic carbocycles.